The van der Waals surface area contributed by atoms with Gasteiger partial charge in [0.15, 0.2) is 0 Å². The van der Waals surface area contributed by atoms with Gasteiger partial charge in [0.2, 0.25) is 5.95 Å². The van der Waals surface area contributed by atoms with E-state index < -0.39 is 0 Å². The fraction of sp³-hybridized carbons (Fsp3) is 0.600. The zero-order chi connectivity index (χ0) is 14.9. The predicted molar refractivity (Wildman–Crippen MR) is 90.2 cm³/mol. The summed E-state index contributed by atoms with van der Waals surface area (Å²) in [6, 6.07) is 2.07. The molecule has 0 bridgehead atoms. The third kappa shape index (κ3) is 4.82. The van der Waals surface area contributed by atoms with E-state index in [4.69, 9.17) is 5.11 Å². The highest BCUT2D eigenvalue weighted by Gasteiger charge is 2.08. The van der Waals surface area contributed by atoms with E-state index in [1.807, 2.05) is 0 Å². The first-order valence-corrected chi connectivity index (χ1v) is 8.57. The molecule has 21 heavy (non-hydrogen) atoms. The van der Waals surface area contributed by atoms with Crippen LogP contribution in [0, 0.1) is 0 Å². The number of fused-ring (bicyclic) bond motifs is 1. The van der Waals surface area contributed by atoms with Crippen molar-refractivity contribution < 1.29 is 5.11 Å². The summed E-state index contributed by atoms with van der Waals surface area (Å²) in [5.41, 5.74) is 0. The zero-order valence-corrected chi connectivity index (χ0v) is 13.4. The van der Waals surface area contributed by atoms with Crippen molar-refractivity contribution >= 4 is 33.3 Å². The average Bonchev–Trinajstić information content (AvgIpc) is 2.97. The van der Waals surface area contributed by atoms with Gasteiger partial charge in [0.1, 0.15) is 10.6 Å². The Bertz CT molecular complexity index is 543. The smallest absolute Gasteiger partial charge is 0.226 e. The summed E-state index contributed by atoms with van der Waals surface area (Å²) >= 11 is 1.64. The summed E-state index contributed by atoms with van der Waals surface area (Å²) in [6.45, 7) is 4.21. The van der Waals surface area contributed by atoms with E-state index in [9.17, 15) is 0 Å². The summed E-state index contributed by atoms with van der Waals surface area (Å²) in [6.07, 6.45) is 5.26. The summed E-state index contributed by atoms with van der Waals surface area (Å²) in [4.78, 5) is 10.1. The second kappa shape index (κ2) is 8.79. The Kier molecular flexibility index (Phi) is 6.69. The standard InChI is InChI=1S/C15H24N4OS/c1-2-8-17-15-18-13(12-7-11-21-14(12)19-15)16-9-5-3-4-6-10-20/h7,11,20H,2-6,8-10H2,1H3,(H2,16,17,18,19). The Labute approximate surface area is 129 Å². The summed E-state index contributed by atoms with van der Waals surface area (Å²) in [7, 11) is 0. The molecule has 0 spiro atoms. The number of unbranched alkanes of at least 4 members (excludes halogenated alkanes) is 3. The topological polar surface area (TPSA) is 70.1 Å². The first kappa shape index (κ1) is 16.0. The number of thiophene rings is 1. The van der Waals surface area contributed by atoms with Crippen molar-refractivity contribution in [1.29, 1.82) is 0 Å². The van der Waals surface area contributed by atoms with Crippen LogP contribution in [0.1, 0.15) is 39.0 Å². The predicted octanol–water partition coefficient (Wildman–Crippen LogP) is 3.48. The summed E-state index contributed by atoms with van der Waals surface area (Å²) in [5, 5.41) is 18.6. The molecule has 0 aliphatic carbocycles. The Morgan fingerprint density at radius 2 is 1.95 bits per heavy atom. The lowest BCUT2D eigenvalue weighted by atomic mass is 10.2. The monoisotopic (exact) mass is 308 g/mol. The zero-order valence-electron chi connectivity index (χ0n) is 12.6. The van der Waals surface area contributed by atoms with Crippen LogP contribution < -0.4 is 10.6 Å². The maximum Gasteiger partial charge on any atom is 0.226 e. The fourth-order valence-electron chi connectivity index (χ4n) is 2.10. The number of rotatable bonds is 10. The number of hydrogen-bond acceptors (Lipinski definition) is 6. The van der Waals surface area contributed by atoms with Crippen molar-refractivity contribution in [1.82, 2.24) is 9.97 Å². The first-order valence-electron chi connectivity index (χ1n) is 7.69. The SMILES string of the molecule is CCCNc1nc(NCCCCCCO)c2ccsc2n1. The van der Waals surface area contributed by atoms with Crippen molar-refractivity contribution in [3.8, 4) is 0 Å². The lowest BCUT2D eigenvalue weighted by Gasteiger charge is -2.09. The molecule has 3 N–H and O–H groups in total. The summed E-state index contributed by atoms with van der Waals surface area (Å²) in [5.74, 6) is 1.62. The molecule has 0 aliphatic heterocycles. The Hall–Kier alpha value is -1.40. The van der Waals surface area contributed by atoms with Gasteiger partial charge in [-0.2, -0.15) is 4.98 Å². The number of aromatic nitrogens is 2. The molecule has 2 heterocycles. The van der Waals surface area contributed by atoms with E-state index >= 15 is 0 Å². The largest absolute Gasteiger partial charge is 0.396 e. The number of aliphatic hydroxyl groups is 1. The molecular formula is C15H24N4OS. The fourth-order valence-corrected chi connectivity index (χ4v) is 2.87. The van der Waals surface area contributed by atoms with Gasteiger partial charge in [-0.05, 0) is 30.7 Å². The molecule has 5 nitrogen and oxygen atoms in total. The van der Waals surface area contributed by atoms with Crippen LogP contribution >= 0.6 is 11.3 Å². The van der Waals surface area contributed by atoms with E-state index in [1.165, 1.54) is 0 Å². The minimum absolute atomic E-state index is 0.293. The van der Waals surface area contributed by atoms with Gasteiger partial charge < -0.3 is 15.7 Å². The third-order valence-corrected chi connectivity index (χ3v) is 4.04. The van der Waals surface area contributed by atoms with Crippen LogP contribution in [0.2, 0.25) is 0 Å². The van der Waals surface area contributed by atoms with E-state index in [0.717, 1.165) is 61.2 Å². The summed E-state index contributed by atoms with van der Waals surface area (Å²) < 4.78 is 0. The maximum absolute atomic E-state index is 8.76. The van der Waals surface area contributed by atoms with Crippen LogP contribution in [-0.4, -0.2) is 34.8 Å². The van der Waals surface area contributed by atoms with Gasteiger partial charge in [0.25, 0.3) is 0 Å². The second-order valence-electron chi connectivity index (χ2n) is 5.03. The molecule has 0 aromatic carbocycles. The molecule has 2 rings (SSSR count). The van der Waals surface area contributed by atoms with Crippen LogP contribution in [0.15, 0.2) is 11.4 Å². The van der Waals surface area contributed by atoms with Crippen LogP contribution in [0.25, 0.3) is 10.2 Å². The Morgan fingerprint density at radius 1 is 1.10 bits per heavy atom. The lowest BCUT2D eigenvalue weighted by Crippen LogP contribution is -2.08. The highest BCUT2D eigenvalue weighted by molar-refractivity contribution is 7.16. The minimum atomic E-state index is 0.293. The highest BCUT2D eigenvalue weighted by atomic mass is 32.1. The number of nitrogens with zero attached hydrogens (tertiary/aromatic N) is 2. The molecule has 0 unspecified atom stereocenters. The Balaban J connectivity index is 1.95. The highest BCUT2D eigenvalue weighted by Crippen LogP contribution is 2.26. The maximum atomic E-state index is 8.76. The molecule has 0 saturated carbocycles. The third-order valence-electron chi connectivity index (χ3n) is 3.24. The lowest BCUT2D eigenvalue weighted by molar-refractivity contribution is 0.283. The van der Waals surface area contributed by atoms with E-state index in [2.05, 4.69) is 39.0 Å². The van der Waals surface area contributed by atoms with E-state index in [1.54, 1.807) is 11.3 Å². The Morgan fingerprint density at radius 3 is 2.76 bits per heavy atom. The van der Waals surface area contributed by atoms with Crippen molar-refractivity contribution in [2.24, 2.45) is 0 Å². The first-order chi connectivity index (χ1) is 10.3. The molecule has 0 aliphatic rings. The molecule has 2 aromatic rings. The normalized spacial score (nSPS) is 11.0. The van der Waals surface area contributed by atoms with Crippen LogP contribution in [0.3, 0.4) is 0 Å². The van der Waals surface area contributed by atoms with Crippen molar-refractivity contribution in [3.63, 3.8) is 0 Å². The molecular weight excluding hydrogens is 284 g/mol. The number of anilines is 2. The molecule has 0 fully saturated rings. The quantitative estimate of drug-likeness (QED) is 0.586. The minimum Gasteiger partial charge on any atom is -0.396 e. The van der Waals surface area contributed by atoms with Crippen LogP contribution in [-0.2, 0) is 0 Å². The van der Waals surface area contributed by atoms with Gasteiger partial charge in [-0.15, -0.1) is 11.3 Å². The molecule has 0 atom stereocenters. The van der Waals surface area contributed by atoms with Gasteiger partial charge in [-0.25, -0.2) is 4.98 Å². The molecule has 2 aromatic heterocycles. The van der Waals surface area contributed by atoms with Crippen molar-refractivity contribution in [3.05, 3.63) is 11.4 Å². The van der Waals surface area contributed by atoms with Gasteiger partial charge in [-0.3, -0.25) is 0 Å². The number of nitrogens with one attached hydrogen (secondary N) is 2. The van der Waals surface area contributed by atoms with Gasteiger partial charge in [0, 0.05) is 19.7 Å². The van der Waals surface area contributed by atoms with Crippen molar-refractivity contribution in [2.75, 3.05) is 30.3 Å². The van der Waals surface area contributed by atoms with Crippen molar-refractivity contribution in [2.45, 2.75) is 39.0 Å². The molecule has 0 radical (unpaired) electrons. The van der Waals surface area contributed by atoms with E-state index in [0.29, 0.717) is 12.6 Å². The van der Waals surface area contributed by atoms with E-state index in [-0.39, 0.29) is 0 Å². The second-order valence-corrected chi connectivity index (χ2v) is 5.92. The van der Waals surface area contributed by atoms with Crippen LogP contribution in [0.5, 0.6) is 0 Å². The molecule has 6 heteroatoms. The van der Waals surface area contributed by atoms with Gasteiger partial charge >= 0.3 is 0 Å². The molecule has 116 valence electrons. The average molecular weight is 308 g/mol. The number of aliphatic hydroxyl groups excluding tert-OH is 1. The van der Waals surface area contributed by atoms with Gasteiger partial charge in [-0.1, -0.05) is 19.8 Å². The number of hydrogen-bond donors (Lipinski definition) is 3. The molecule has 0 saturated heterocycles. The van der Waals surface area contributed by atoms with Crippen LogP contribution in [0.4, 0.5) is 11.8 Å². The van der Waals surface area contributed by atoms with Gasteiger partial charge in [0.05, 0.1) is 5.39 Å². The molecule has 0 amide bonds.